The first-order valence-corrected chi connectivity index (χ1v) is 5.29. The van der Waals surface area contributed by atoms with Gasteiger partial charge in [-0.15, -0.1) is 0 Å². The summed E-state index contributed by atoms with van der Waals surface area (Å²) in [4.78, 5) is 12.0. The van der Waals surface area contributed by atoms with E-state index in [1.807, 2.05) is 12.1 Å². The van der Waals surface area contributed by atoms with Crippen molar-refractivity contribution in [1.82, 2.24) is 15.0 Å². The molecule has 0 saturated heterocycles. The first-order valence-electron chi connectivity index (χ1n) is 4.91. The van der Waals surface area contributed by atoms with Gasteiger partial charge in [0, 0.05) is 18.9 Å². The van der Waals surface area contributed by atoms with Gasteiger partial charge in [0.15, 0.2) is 5.82 Å². The molecule has 2 rings (SSSR count). The maximum absolute atomic E-state index is 5.95. The molecular formula is C10H11ClN6. The molecule has 0 bridgehead atoms. The number of halogens is 1. The molecule has 0 spiro atoms. The Morgan fingerprint density at radius 3 is 2.94 bits per heavy atom. The molecule has 6 nitrogen and oxygen atoms in total. The zero-order valence-electron chi connectivity index (χ0n) is 8.89. The first kappa shape index (κ1) is 11.6. The van der Waals surface area contributed by atoms with Gasteiger partial charge in [0.25, 0.3) is 0 Å². The van der Waals surface area contributed by atoms with Gasteiger partial charge in [-0.05, 0) is 11.6 Å². The van der Waals surface area contributed by atoms with Crippen LogP contribution in [0.3, 0.4) is 0 Å². The average Bonchev–Trinajstić information content (AvgIpc) is 2.39. The van der Waals surface area contributed by atoms with E-state index >= 15 is 0 Å². The van der Waals surface area contributed by atoms with Crippen LogP contribution in [-0.4, -0.2) is 15.0 Å². The van der Waals surface area contributed by atoms with Gasteiger partial charge >= 0.3 is 0 Å². The summed E-state index contributed by atoms with van der Waals surface area (Å²) in [7, 11) is 0. The van der Waals surface area contributed by atoms with E-state index in [1.54, 1.807) is 12.4 Å². The number of hydrazine groups is 1. The zero-order chi connectivity index (χ0) is 12.1. The van der Waals surface area contributed by atoms with Gasteiger partial charge in [-0.3, -0.25) is 10.4 Å². The van der Waals surface area contributed by atoms with Crippen LogP contribution in [0.5, 0.6) is 0 Å². The Balaban J connectivity index is 2.08. The van der Waals surface area contributed by atoms with Crippen LogP contribution < -0.4 is 16.6 Å². The minimum absolute atomic E-state index is 0.308. The van der Waals surface area contributed by atoms with Crippen LogP contribution in [0.1, 0.15) is 5.56 Å². The van der Waals surface area contributed by atoms with Crippen LogP contribution in [0.2, 0.25) is 5.02 Å². The molecule has 2 aromatic heterocycles. The molecule has 0 aliphatic carbocycles. The summed E-state index contributed by atoms with van der Waals surface area (Å²) in [5, 5.41) is 3.52. The Labute approximate surface area is 103 Å². The second-order valence-electron chi connectivity index (χ2n) is 3.25. The molecule has 17 heavy (non-hydrogen) atoms. The van der Waals surface area contributed by atoms with Crippen molar-refractivity contribution >= 4 is 23.4 Å². The van der Waals surface area contributed by atoms with E-state index in [0.717, 1.165) is 5.56 Å². The Morgan fingerprint density at radius 2 is 2.24 bits per heavy atom. The molecule has 0 fully saturated rings. The summed E-state index contributed by atoms with van der Waals surface area (Å²) < 4.78 is 0. The van der Waals surface area contributed by atoms with Gasteiger partial charge < -0.3 is 5.32 Å². The standard InChI is InChI=1S/C10H11ClN6/c11-8-6-15-10(17-12)16-9(8)14-5-7-2-1-3-13-4-7/h1-4,6H,5,12H2,(H2,14,15,16,17). The van der Waals surface area contributed by atoms with Gasteiger partial charge in [-0.2, -0.15) is 4.98 Å². The largest absolute Gasteiger partial charge is 0.365 e. The predicted molar refractivity (Wildman–Crippen MR) is 66.4 cm³/mol. The van der Waals surface area contributed by atoms with E-state index in [4.69, 9.17) is 17.4 Å². The number of nitrogens with two attached hydrogens (primary N) is 1. The van der Waals surface area contributed by atoms with Gasteiger partial charge in [0.05, 0.1) is 6.20 Å². The highest BCUT2D eigenvalue weighted by molar-refractivity contribution is 6.32. The Bertz CT molecular complexity index is 489. The molecule has 7 heteroatoms. The maximum Gasteiger partial charge on any atom is 0.239 e. The van der Waals surface area contributed by atoms with Crippen LogP contribution in [-0.2, 0) is 6.54 Å². The lowest BCUT2D eigenvalue weighted by molar-refractivity contribution is 1.06. The molecule has 0 atom stereocenters. The number of rotatable bonds is 4. The van der Waals surface area contributed by atoms with Crippen molar-refractivity contribution in [1.29, 1.82) is 0 Å². The third kappa shape index (κ3) is 3.02. The fourth-order valence-electron chi connectivity index (χ4n) is 1.25. The highest BCUT2D eigenvalue weighted by atomic mass is 35.5. The highest BCUT2D eigenvalue weighted by Gasteiger charge is 2.04. The monoisotopic (exact) mass is 250 g/mol. The normalized spacial score (nSPS) is 10.0. The highest BCUT2D eigenvalue weighted by Crippen LogP contribution is 2.19. The first-order chi connectivity index (χ1) is 8.29. The summed E-state index contributed by atoms with van der Waals surface area (Å²) in [6, 6.07) is 3.82. The topological polar surface area (TPSA) is 88.8 Å². The zero-order valence-corrected chi connectivity index (χ0v) is 9.65. The van der Waals surface area contributed by atoms with Crippen LogP contribution in [0.15, 0.2) is 30.7 Å². The summed E-state index contributed by atoms with van der Waals surface area (Å²) in [5.74, 6) is 6.05. The molecule has 0 unspecified atom stereocenters. The molecule has 0 radical (unpaired) electrons. The van der Waals surface area contributed by atoms with Gasteiger partial charge in [-0.1, -0.05) is 17.7 Å². The van der Waals surface area contributed by atoms with Crippen LogP contribution in [0.25, 0.3) is 0 Å². The number of pyridine rings is 1. The van der Waals surface area contributed by atoms with Crippen molar-refractivity contribution in [2.24, 2.45) is 5.84 Å². The number of hydrogen-bond acceptors (Lipinski definition) is 6. The number of anilines is 2. The predicted octanol–water partition coefficient (Wildman–Crippen LogP) is 1.42. The van der Waals surface area contributed by atoms with E-state index in [0.29, 0.717) is 23.3 Å². The molecule has 0 aliphatic heterocycles. The fourth-order valence-corrected chi connectivity index (χ4v) is 1.41. The lowest BCUT2D eigenvalue weighted by Crippen LogP contribution is -2.12. The average molecular weight is 251 g/mol. The molecular weight excluding hydrogens is 240 g/mol. The van der Waals surface area contributed by atoms with Crippen molar-refractivity contribution < 1.29 is 0 Å². The second-order valence-corrected chi connectivity index (χ2v) is 3.66. The summed E-state index contributed by atoms with van der Waals surface area (Å²) in [6.45, 7) is 0.578. The number of nitrogens with zero attached hydrogens (tertiary/aromatic N) is 3. The fraction of sp³-hybridized carbons (Fsp3) is 0.100. The quantitative estimate of drug-likeness (QED) is 0.562. The van der Waals surface area contributed by atoms with Crippen LogP contribution in [0.4, 0.5) is 11.8 Å². The SMILES string of the molecule is NNc1ncc(Cl)c(NCc2cccnc2)n1. The number of hydrogen-bond donors (Lipinski definition) is 3. The van der Waals surface area contributed by atoms with E-state index in [2.05, 4.69) is 25.7 Å². The molecule has 0 saturated carbocycles. The molecule has 2 heterocycles. The van der Waals surface area contributed by atoms with E-state index in [-0.39, 0.29) is 0 Å². The van der Waals surface area contributed by atoms with Crippen molar-refractivity contribution in [2.75, 3.05) is 10.7 Å². The molecule has 0 aromatic carbocycles. The second kappa shape index (κ2) is 5.42. The molecule has 0 aliphatic rings. The molecule has 88 valence electrons. The maximum atomic E-state index is 5.95. The van der Waals surface area contributed by atoms with Crippen LogP contribution >= 0.6 is 11.6 Å². The number of nitrogens with one attached hydrogen (secondary N) is 2. The van der Waals surface area contributed by atoms with Crippen molar-refractivity contribution in [3.8, 4) is 0 Å². The smallest absolute Gasteiger partial charge is 0.239 e. The summed E-state index contributed by atoms with van der Waals surface area (Å²) >= 11 is 5.95. The van der Waals surface area contributed by atoms with Gasteiger partial charge in [0.1, 0.15) is 5.02 Å². The van der Waals surface area contributed by atoms with Gasteiger partial charge in [-0.25, -0.2) is 10.8 Å². The Kier molecular flexibility index (Phi) is 3.69. The lowest BCUT2D eigenvalue weighted by atomic mass is 10.3. The van der Waals surface area contributed by atoms with Crippen molar-refractivity contribution in [2.45, 2.75) is 6.54 Å². The minimum Gasteiger partial charge on any atom is -0.365 e. The molecule has 4 N–H and O–H groups in total. The summed E-state index contributed by atoms with van der Waals surface area (Å²) in [6.07, 6.45) is 4.97. The molecule has 2 aromatic rings. The van der Waals surface area contributed by atoms with Crippen LogP contribution in [0, 0.1) is 0 Å². The third-order valence-electron chi connectivity index (χ3n) is 2.06. The molecule has 0 amide bonds. The number of aromatic nitrogens is 3. The van der Waals surface area contributed by atoms with Crippen molar-refractivity contribution in [3.63, 3.8) is 0 Å². The van der Waals surface area contributed by atoms with E-state index in [9.17, 15) is 0 Å². The minimum atomic E-state index is 0.308. The third-order valence-corrected chi connectivity index (χ3v) is 2.33. The van der Waals surface area contributed by atoms with Crippen molar-refractivity contribution in [3.05, 3.63) is 41.3 Å². The van der Waals surface area contributed by atoms with E-state index < -0.39 is 0 Å². The van der Waals surface area contributed by atoms with E-state index in [1.165, 1.54) is 6.20 Å². The Morgan fingerprint density at radius 1 is 1.35 bits per heavy atom. The van der Waals surface area contributed by atoms with Gasteiger partial charge in [0.2, 0.25) is 5.95 Å². The Hall–Kier alpha value is -1.92. The summed E-state index contributed by atoms with van der Waals surface area (Å²) in [5.41, 5.74) is 3.39. The number of nitrogen functional groups attached to an aromatic ring is 1. The lowest BCUT2D eigenvalue weighted by Gasteiger charge is -2.08.